The summed E-state index contributed by atoms with van der Waals surface area (Å²) in [7, 11) is 0. The summed E-state index contributed by atoms with van der Waals surface area (Å²) in [5, 5.41) is 15.8. The molecule has 2 aromatic heterocycles. The highest BCUT2D eigenvalue weighted by Gasteiger charge is 2.11. The molecule has 0 radical (unpaired) electrons. The molecule has 0 aliphatic carbocycles. The Balaban J connectivity index is 1.52. The van der Waals surface area contributed by atoms with E-state index in [2.05, 4.69) is 39.5 Å². The van der Waals surface area contributed by atoms with Crippen molar-refractivity contribution in [3.05, 3.63) is 41.8 Å². The van der Waals surface area contributed by atoms with E-state index in [4.69, 9.17) is 4.52 Å². The molecule has 0 aliphatic heterocycles. The number of rotatable bonds is 8. The van der Waals surface area contributed by atoms with Crippen LogP contribution in [0.1, 0.15) is 32.0 Å². The van der Waals surface area contributed by atoms with Crippen molar-refractivity contribution < 1.29 is 8.91 Å². The van der Waals surface area contributed by atoms with Gasteiger partial charge in [-0.05, 0) is 30.5 Å². The van der Waals surface area contributed by atoms with Crippen LogP contribution >= 0.6 is 23.1 Å². The third-order valence-electron chi connectivity index (χ3n) is 3.26. The van der Waals surface area contributed by atoms with Crippen molar-refractivity contribution in [1.82, 2.24) is 20.3 Å². The van der Waals surface area contributed by atoms with Crippen LogP contribution in [-0.2, 0) is 12.2 Å². The van der Waals surface area contributed by atoms with Crippen LogP contribution < -0.4 is 5.32 Å². The average Bonchev–Trinajstić information content (AvgIpc) is 3.20. The molecule has 3 aromatic rings. The lowest BCUT2D eigenvalue weighted by molar-refractivity contribution is 0.383. The van der Waals surface area contributed by atoms with Crippen molar-refractivity contribution in [1.29, 1.82) is 0 Å². The Morgan fingerprint density at radius 1 is 1.32 bits per heavy atom. The van der Waals surface area contributed by atoms with Crippen LogP contribution in [0.25, 0.3) is 0 Å². The highest BCUT2D eigenvalue weighted by molar-refractivity contribution is 8.00. The second-order valence-electron chi connectivity index (χ2n) is 5.83. The van der Waals surface area contributed by atoms with Crippen LogP contribution in [0.2, 0.25) is 0 Å². The molecule has 0 aliphatic rings. The van der Waals surface area contributed by atoms with Crippen LogP contribution in [0.5, 0.6) is 0 Å². The fourth-order valence-electron chi connectivity index (χ4n) is 2.00. The molecular weight excluding hydrogens is 361 g/mol. The molecule has 132 valence electrons. The standard InChI is InChI=1S/C16H18FN5OS2/c1-10(2)6-7-13-19-14(23-22-13)9-24-16-21-20-15(25-16)18-12-5-3-4-11(17)8-12/h3-5,8,10H,6-7,9H2,1-2H3,(H,18,20). The van der Waals surface area contributed by atoms with E-state index in [1.54, 1.807) is 12.1 Å². The summed E-state index contributed by atoms with van der Waals surface area (Å²) in [5.41, 5.74) is 0.638. The summed E-state index contributed by atoms with van der Waals surface area (Å²) in [6.45, 7) is 4.34. The van der Waals surface area contributed by atoms with Crippen molar-refractivity contribution in [3.63, 3.8) is 0 Å². The highest BCUT2D eigenvalue weighted by atomic mass is 32.2. The Morgan fingerprint density at radius 2 is 2.20 bits per heavy atom. The first-order chi connectivity index (χ1) is 12.1. The molecule has 1 aromatic carbocycles. The van der Waals surface area contributed by atoms with E-state index >= 15 is 0 Å². The molecule has 1 N–H and O–H groups in total. The van der Waals surface area contributed by atoms with E-state index < -0.39 is 0 Å². The van der Waals surface area contributed by atoms with Crippen LogP contribution in [-0.4, -0.2) is 20.3 Å². The van der Waals surface area contributed by atoms with Gasteiger partial charge in [0.05, 0.1) is 5.75 Å². The number of hydrogen-bond acceptors (Lipinski definition) is 8. The van der Waals surface area contributed by atoms with E-state index in [1.165, 1.54) is 35.2 Å². The number of hydrogen-bond donors (Lipinski definition) is 1. The van der Waals surface area contributed by atoms with Gasteiger partial charge in [0.25, 0.3) is 0 Å². The van der Waals surface area contributed by atoms with Gasteiger partial charge in [0.15, 0.2) is 10.2 Å². The monoisotopic (exact) mass is 379 g/mol. The van der Waals surface area contributed by atoms with Gasteiger partial charge in [-0.1, -0.05) is 48.2 Å². The minimum atomic E-state index is -0.297. The van der Waals surface area contributed by atoms with Crippen molar-refractivity contribution >= 4 is 33.9 Å². The molecule has 0 bridgehead atoms. The number of aromatic nitrogens is 4. The van der Waals surface area contributed by atoms with Crippen molar-refractivity contribution in [2.24, 2.45) is 5.92 Å². The average molecular weight is 379 g/mol. The van der Waals surface area contributed by atoms with Gasteiger partial charge in [-0.15, -0.1) is 10.2 Å². The van der Waals surface area contributed by atoms with Gasteiger partial charge >= 0.3 is 0 Å². The normalized spacial score (nSPS) is 11.2. The molecule has 2 heterocycles. The molecule has 0 fully saturated rings. The van der Waals surface area contributed by atoms with Gasteiger partial charge in [-0.2, -0.15) is 4.98 Å². The van der Waals surface area contributed by atoms with E-state index in [9.17, 15) is 4.39 Å². The third kappa shape index (κ3) is 5.50. The molecule has 0 atom stereocenters. The second kappa shape index (κ2) is 8.39. The van der Waals surface area contributed by atoms with Gasteiger partial charge in [-0.25, -0.2) is 4.39 Å². The second-order valence-corrected chi connectivity index (χ2v) is 8.03. The van der Waals surface area contributed by atoms with Crippen molar-refractivity contribution in [2.45, 2.75) is 36.8 Å². The highest BCUT2D eigenvalue weighted by Crippen LogP contribution is 2.29. The van der Waals surface area contributed by atoms with Gasteiger partial charge in [-0.3, -0.25) is 0 Å². The maximum Gasteiger partial charge on any atom is 0.237 e. The predicted octanol–water partition coefficient (Wildman–Crippen LogP) is 4.68. The lowest BCUT2D eigenvalue weighted by Gasteiger charge is -2.00. The Bertz CT molecular complexity index is 820. The summed E-state index contributed by atoms with van der Waals surface area (Å²) >= 11 is 2.87. The van der Waals surface area contributed by atoms with Crippen LogP contribution in [0.15, 0.2) is 33.1 Å². The fourth-order valence-corrected chi connectivity index (χ4v) is 3.61. The third-order valence-corrected chi connectivity index (χ3v) is 5.21. The molecule has 0 spiro atoms. The summed E-state index contributed by atoms with van der Waals surface area (Å²) in [5.74, 6) is 2.19. The van der Waals surface area contributed by atoms with E-state index in [0.717, 1.165) is 23.0 Å². The molecule has 0 amide bonds. The summed E-state index contributed by atoms with van der Waals surface area (Å²) in [6, 6.07) is 6.22. The predicted molar refractivity (Wildman–Crippen MR) is 96.6 cm³/mol. The van der Waals surface area contributed by atoms with Gasteiger partial charge in [0, 0.05) is 12.1 Å². The zero-order chi connectivity index (χ0) is 17.6. The number of halogens is 1. The number of nitrogens with zero attached hydrogens (tertiary/aromatic N) is 4. The number of thioether (sulfide) groups is 1. The molecule has 6 nitrogen and oxygen atoms in total. The number of benzene rings is 1. The van der Waals surface area contributed by atoms with Crippen LogP contribution in [0.3, 0.4) is 0 Å². The smallest absolute Gasteiger partial charge is 0.237 e. The maximum atomic E-state index is 13.2. The Labute approximate surface area is 153 Å². The molecule has 0 unspecified atom stereocenters. The molecular formula is C16H18FN5OS2. The number of aryl methyl sites for hydroxylation is 1. The Kier molecular flexibility index (Phi) is 5.98. The van der Waals surface area contributed by atoms with E-state index in [0.29, 0.717) is 28.4 Å². The van der Waals surface area contributed by atoms with Crippen molar-refractivity contribution in [2.75, 3.05) is 5.32 Å². The molecule has 9 heteroatoms. The van der Waals surface area contributed by atoms with Crippen LogP contribution in [0, 0.1) is 11.7 Å². The van der Waals surface area contributed by atoms with Crippen LogP contribution in [0.4, 0.5) is 15.2 Å². The molecule has 0 saturated heterocycles. The minimum absolute atomic E-state index is 0.297. The van der Waals surface area contributed by atoms with Crippen molar-refractivity contribution in [3.8, 4) is 0 Å². The van der Waals surface area contributed by atoms with Gasteiger partial charge in [0.1, 0.15) is 5.82 Å². The fraction of sp³-hybridized carbons (Fsp3) is 0.375. The Hall–Kier alpha value is -2.00. The maximum absolute atomic E-state index is 13.2. The first-order valence-electron chi connectivity index (χ1n) is 7.89. The molecule has 3 rings (SSSR count). The minimum Gasteiger partial charge on any atom is -0.338 e. The van der Waals surface area contributed by atoms with Gasteiger partial charge in [0.2, 0.25) is 11.0 Å². The van der Waals surface area contributed by atoms with Gasteiger partial charge < -0.3 is 9.84 Å². The zero-order valence-electron chi connectivity index (χ0n) is 13.9. The van der Waals surface area contributed by atoms with E-state index in [-0.39, 0.29) is 5.82 Å². The summed E-state index contributed by atoms with van der Waals surface area (Å²) < 4.78 is 19.2. The quantitative estimate of drug-likeness (QED) is 0.569. The summed E-state index contributed by atoms with van der Waals surface area (Å²) in [4.78, 5) is 4.38. The Morgan fingerprint density at radius 3 is 3.00 bits per heavy atom. The lowest BCUT2D eigenvalue weighted by atomic mass is 10.1. The first kappa shape index (κ1) is 17.8. The molecule has 0 saturated carbocycles. The lowest BCUT2D eigenvalue weighted by Crippen LogP contribution is -1.94. The first-order valence-corrected chi connectivity index (χ1v) is 9.69. The van der Waals surface area contributed by atoms with E-state index in [1.807, 2.05) is 0 Å². The molecule has 25 heavy (non-hydrogen) atoms. The SMILES string of the molecule is CC(C)CCc1noc(CSc2nnc(Nc3cccc(F)c3)s2)n1. The largest absolute Gasteiger partial charge is 0.338 e. The number of nitrogens with one attached hydrogen (secondary N) is 1. The number of anilines is 2. The summed E-state index contributed by atoms with van der Waals surface area (Å²) in [6.07, 6.45) is 1.87. The zero-order valence-corrected chi connectivity index (χ0v) is 15.5. The topological polar surface area (TPSA) is 76.7 Å².